The Morgan fingerprint density at radius 2 is 1.83 bits per heavy atom. The highest BCUT2D eigenvalue weighted by Gasteiger charge is 2.14. The molecule has 5 nitrogen and oxygen atoms in total. The Morgan fingerprint density at radius 3 is 2.61 bits per heavy atom. The molecule has 0 radical (unpaired) electrons. The second-order valence-electron chi connectivity index (χ2n) is 5.95. The second-order valence-corrected chi connectivity index (χ2v) is 7.12. The van der Waals surface area contributed by atoms with Crippen LogP contribution in [-0.4, -0.2) is 26.7 Å². The van der Waals surface area contributed by atoms with Gasteiger partial charge in [-0.1, -0.05) is 13.8 Å². The van der Waals surface area contributed by atoms with Crippen LogP contribution in [0.15, 0.2) is 0 Å². The fourth-order valence-electron chi connectivity index (χ4n) is 2.97. The van der Waals surface area contributed by atoms with Gasteiger partial charge < -0.3 is 5.32 Å². The van der Waals surface area contributed by atoms with Gasteiger partial charge in [-0.15, -0.1) is 16.4 Å². The molecule has 23 heavy (non-hydrogen) atoms. The van der Waals surface area contributed by atoms with Crippen molar-refractivity contribution in [1.29, 1.82) is 0 Å². The van der Waals surface area contributed by atoms with Gasteiger partial charge in [0.05, 0.1) is 22.1 Å². The molecule has 0 saturated heterocycles. The molecule has 0 aromatic carbocycles. The summed E-state index contributed by atoms with van der Waals surface area (Å²) in [7, 11) is 0. The van der Waals surface area contributed by atoms with Crippen LogP contribution in [-0.2, 0) is 32.1 Å². The van der Waals surface area contributed by atoms with Gasteiger partial charge in [0.1, 0.15) is 0 Å². The van der Waals surface area contributed by atoms with Gasteiger partial charge in [-0.25, -0.2) is 9.97 Å². The van der Waals surface area contributed by atoms with E-state index in [-0.39, 0.29) is 0 Å². The standard InChI is InChI=1S/C17H25N5S/c1-3-12-13(4-2)21-22-17(20-12)18-11-7-10-16-19-14-8-5-6-9-15(14)23-16/h3-11H2,1-2H3,(H,18,20,22). The average Bonchev–Trinajstić information content (AvgIpc) is 3.01. The molecule has 1 aliphatic rings. The summed E-state index contributed by atoms with van der Waals surface area (Å²) in [5.74, 6) is 0.650. The van der Waals surface area contributed by atoms with Crippen LogP contribution in [0.5, 0.6) is 0 Å². The zero-order valence-electron chi connectivity index (χ0n) is 14.1. The molecule has 0 unspecified atom stereocenters. The van der Waals surface area contributed by atoms with Crippen molar-refractivity contribution in [2.75, 3.05) is 11.9 Å². The van der Waals surface area contributed by atoms with Crippen LogP contribution in [0.3, 0.4) is 0 Å². The van der Waals surface area contributed by atoms with Gasteiger partial charge >= 0.3 is 0 Å². The van der Waals surface area contributed by atoms with E-state index in [1.807, 2.05) is 11.3 Å². The summed E-state index contributed by atoms with van der Waals surface area (Å²) < 4.78 is 0. The molecule has 0 bridgehead atoms. The first-order valence-electron chi connectivity index (χ1n) is 8.74. The first-order valence-corrected chi connectivity index (χ1v) is 9.55. The third kappa shape index (κ3) is 4.05. The lowest BCUT2D eigenvalue weighted by Crippen LogP contribution is -2.11. The fourth-order valence-corrected chi connectivity index (χ4v) is 4.16. The summed E-state index contributed by atoms with van der Waals surface area (Å²) in [6.07, 6.45) is 8.90. The van der Waals surface area contributed by atoms with Crippen LogP contribution in [0.25, 0.3) is 0 Å². The van der Waals surface area contributed by atoms with Gasteiger partial charge in [-0.05, 0) is 44.9 Å². The number of nitrogens with zero attached hydrogens (tertiary/aromatic N) is 4. The van der Waals surface area contributed by atoms with Crippen LogP contribution in [0.2, 0.25) is 0 Å². The molecule has 2 aromatic rings. The van der Waals surface area contributed by atoms with Crippen molar-refractivity contribution >= 4 is 17.3 Å². The molecular formula is C17H25N5S. The number of hydrogen-bond donors (Lipinski definition) is 1. The summed E-state index contributed by atoms with van der Waals surface area (Å²) in [4.78, 5) is 10.9. The van der Waals surface area contributed by atoms with Crippen molar-refractivity contribution in [3.8, 4) is 0 Å². The van der Waals surface area contributed by atoms with Crippen LogP contribution >= 0.6 is 11.3 Å². The molecule has 1 aliphatic carbocycles. The molecule has 2 heterocycles. The van der Waals surface area contributed by atoms with Gasteiger partial charge in [-0.3, -0.25) is 0 Å². The molecule has 2 aromatic heterocycles. The van der Waals surface area contributed by atoms with E-state index < -0.39 is 0 Å². The molecular weight excluding hydrogens is 306 g/mol. The molecule has 0 spiro atoms. The molecule has 3 rings (SSSR count). The Labute approximate surface area is 142 Å². The van der Waals surface area contributed by atoms with Gasteiger partial charge in [-0.2, -0.15) is 5.10 Å². The normalized spacial score (nSPS) is 13.8. The Balaban J connectivity index is 1.49. The number of anilines is 1. The number of aryl methyl sites for hydroxylation is 5. The number of thiazole rings is 1. The zero-order valence-corrected chi connectivity index (χ0v) is 14.9. The largest absolute Gasteiger partial charge is 0.353 e. The summed E-state index contributed by atoms with van der Waals surface area (Å²) in [6, 6.07) is 0. The Kier molecular flexibility index (Phi) is 5.54. The molecule has 6 heteroatoms. The number of aromatic nitrogens is 4. The second kappa shape index (κ2) is 7.81. The molecule has 0 amide bonds. The molecule has 0 fully saturated rings. The van der Waals surface area contributed by atoms with E-state index >= 15 is 0 Å². The number of rotatable bonds is 7. The minimum Gasteiger partial charge on any atom is -0.353 e. The predicted molar refractivity (Wildman–Crippen MR) is 94.1 cm³/mol. The molecule has 0 saturated carbocycles. The van der Waals surface area contributed by atoms with E-state index in [0.717, 1.165) is 43.6 Å². The number of nitrogens with one attached hydrogen (secondary N) is 1. The van der Waals surface area contributed by atoms with E-state index in [1.165, 1.54) is 41.3 Å². The third-order valence-electron chi connectivity index (χ3n) is 4.25. The van der Waals surface area contributed by atoms with Crippen molar-refractivity contribution in [1.82, 2.24) is 20.2 Å². The maximum atomic E-state index is 4.79. The third-order valence-corrected chi connectivity index (χ3v) is 5.47. The van der Waals surface area contributed by atoms with E-state index in [1.54, 1.807) is 0 Å². The minimum atomic E-state index is 0.650. The van der Waals surface area contributed by atoms with Crippen molar-refractivity contribution in [2.45, 2.75) is 65.2 Å². The maximum Gasteiger partial charge on any atom is 0.242 e. The Bertz CT molecular complexity index is 629. The first kappa shape index (κ1) is 16.3. The van der Waals surface area contributed by atoms with Gasteiger partial charge in [0.25, 0.3) is 0 Å². The fraction of sp³-hybridized carbons (Fsp3) is 0.647. The SMILES string of the molecule is CCc1nnc(NCCCc2nc3c(s2)CCCC3)nc1CC. The van der Waals surface area contributed by atoms with Gasteiger partial charge in [0.15, 0.2) is 0 Å². The number of hydrogen-bond acceptors (Lipinski definition) is 6. The van der Waals surface area contributed by atoms with Gasteiger partial charge in [0, 0.05) is 17.8 Å². The Morgan fingerprint density at radius 1 is 1.00 bits per heavy atom. The van der Waals surface area contributed by atoms with Crippen molar-refractivity contribution in [3.63, 3.8) is 0 Å². The molecule has 0 atom stereocenters. The lowest BCUT2D eigenvalue weighted by molar-refractivity contribution is 0.679. The molecule has 124 valence electrons. The smallest absolute Gasteiger partial charge is 0.242 e. The summed E-state index contributed by atoms with van der Waals surface area (Å²) in [5.41, 5.74) is 3.42. The minimum absolute atomic E-state index is 0.650. The van der Waals surface area contributed by atoms with E-state index in [9.17, 15) is 0 Å². The van der Waals surface area contributed by atoms with Crippen molar-refractivity contribution in [3.05, 3.63) is 27.0 Å². The molecule has 0 aliphatic heterocycles. The monoisotopic (exact) mass is 331 g/mol. The average molecular weight is 331 g/mol. The lowest BCUT2D eigenvalue weighted by atomic mass is 10.0. The molecule has 1 N–H and O–H groups in total. The van der Waals surface area contributed by atoms with Crippen LogP contribution in [0.1, 0.15) is 60.1 Å². The first-order chi connectivity index (χ1) is 11.3. The quantitative estimate of drug-likeness (QED) is 0.788. The highest BCUT2D eigenvalue weighted by atomic mass is 32.1. The summed E-state index contributed by atoms with van der Waals surface area (Å²) in [6.45, 7) is 5.06. The van der Waals surface area contributed by atoms with Crippen molar-refractivity contribution in [2.24, 2.45) is 0 Å². The van der Waals surface area contributed by atoms with E-state index in [0.29, 0.717) is 5.95 Å². The van der Waals surface area contributed by atoms with Crippen LogP contribution in [0, 0.1) is 0 Å². The highest BCUT2D eigenvalue weighted by molar-refractivity contribution is 7.11. The zero-order chi connectivity index (χ0) is 16.1. The maximum absolute atomic E-state index is 4.79. The van der Waals surface area contributed by atoms with Crippen LogP contribution < -0.4 is 5.32 Å². The number of fused-ring (bicyclic) bond motifs is 1. The topological polar surface area (TPSA) is 63.6 Å². The summed E-state index contributed by atoms with van der Waals surface area (Å²) >= 11 is 1.91. The lowest BCUT2D eigenvalue weighted by Gasteiger charge is -2.07. The highest BCUT2D eigenvalue weighted by Crippen LogP contribution is 2.27. The summed E-state index contributed by atoms with van der Waals surface area (Å²) in [5, 5.41) is 13.0. The van der Waals surface area contributed by atoms with Crippen molar-refractivity contribution < 1.29 is 0 Å². The Hall–Kier alpha value is -1.56. The van der Waals surface area contributed by atoms with Gasteiger partial charge in [0.2, 0.25) is 5.95 Å². The van der Waals surface area contributed by atoms with Crippen LogP contribution in [0.4, 0.5) is 5.95 Å². The van der Waals surface area contributed by atoms with E-state index in [4.69, 9.17) is 4.98 Å². The van der Waals surface area contributed by atoms with E-state index in [2.05, 4.69) is 34.3 Å². The predicted octanol–water partition coefficient (Wildman–Crippen LogP) is 3.38.